The second-order valence-electron chi connectivity index (χ2n) is 27.9. The lowest BCUT2D eigenvalue weighted by Crippen LogP contribution is -2.57. The molecule has 8 aromatic rings. The Morgan fingerprint density at radius 1 is 0.531 bits per heavy atom. The number of aromatic nitrogens is 4. The molecule has 7 amide bonds. The molecular weight excluding hydrogens is 1450 g/mol. The minimum Gasteiger partial charge on any atom is -0.493 e. The van der Waals surface area contributed by atoms with E-state index in [9.17, 15) is 43.2 Å². The van der Waals surface area contributed by atoms with Crippen LogP contribution < -0.4 is 45.1 Å². The number of fused-ring (bicyclic) bond motifs is 4. The molecule has 0 saturated carbocycles. The van der Waals surface area contributed by atoms with Crippen molar-refractivity contribution in [1.29, 1.82) is 0 Å². The van der Waals surface area contributed by atoms with E-state index in [2.05, 4.69) is 32.8 Å². The number of esters is 2. The van der Waals surface area contributed by atoms with Gasteiger partial charge in [-0.25, -0.2) is 19.3 Å². The Kier molecular flexibility index (Phi) is 25.9. The number of carbonyl (C=O) groups is 9. The molecule has 5 aliphatic rings. The summed E-state index contributed by atoms with van der Waals surface area (Å²) in [6.07, 6.45) is 16.9. The number of aryl methyl sites for hydroxylation is 4. The Morgan fingerprint density at radius 3 is 1.56 bits per heavy atom. The van der Waals surface area contributed by atoms with Crippen LogP contribution in [0.15, 0.2) is 139 Å². The Morgan fingerprint density at radius 2 is 1.04 bits per heavy atom. The zero-order chi connectivity index (χ0) is 80.0. The first-order valence-electron chi connectivity index (χ1n) is 37.6. The molecule has 5 aliphatic heterocycles. The average Bonchev–Trinajstić information content (AvgIpc) is 1.72. The molecule has 4 aromatic heterocycles. The highest BCUT2D eigenvalue weighted by molar-refractivity contribution is 6.08. The first-order chi connectivity index (χ1) is 54.6. The third kappa shape index (κ3) is 18.8. The van der Waals surface area contributed by atoms with Gasteiger partial charge in [0.1, 0.15) is 29.4 Å². The third-order valence-electron chi connectivity index (χ3n) is 20.2. The maximum atomic E-state index is 14.3. The van der Waals surface area contributed by atoms with Crippen molar-refractivity contribution >= 4 is 93.8 Å². The summed E-state index contributed by atoms with van der Waals surface area (Å²) in [6.45, 7) is 5.72. The normalized spacial score (nSPS) is 16.9. The van der Waals surface area contributed by atoms with E-state index in [1.54, 1.807) is 137 Å². The minimum absolute atomic E-state index is 0.00305. The van der Waals surface area contributed by atoms with Crippen molar-refractivity contribution < 1.29 is 85.8 Å². The molecule has 2 unspecified atom stereocenters. The van der Waals surface area contributed by atoms with Gasteiger partial charge >= 0.3 is 18.0 Å². The van der Waals surface area contributed by atoms with Gasteiger partial charge in [-0.05, 0) is 142 Å². The van der Waals surface area contributed by atoms with Crippen molar-refractivity contribution in [2.24, 2.45) is 33.2 Å². The molecule has 3 saturated heterocycles. The highest BCUT2D eigenvalue weighted by Gasteiger charge is 2.47. The molecule has 0 bridgehead atoms. The zero-order valence-corrected chi connectivity index (χ0v) is 64.6. The summed E-state index contributed by atoms with van der Waals surface area (Å²) in [5.74, 6) is -0.945. The van der Waals surface area contributed by atoms with E-state index in [4.69, 9.17) is 42.6 Å². The van der Waals surface area contributed by atoms with Crippen molar-refractivity contribution in [2.75, 3.05) is 94.1 Å². The quantitative estimate of drug-likeness (QED) is 0.0169. The number of amides is 7. The summed E-state index contributed by atoms with van der Waals surface area (Å²) < 4.78 is 57.8. The molecule has 30 nitrogen and oxygen atoms in total. The average molecular weight is 1550 g/mol. The van der Waals surface area contributed by atoms with E-state index in [1.165, 1.54) is 39.4 Å². The van der Waals surface area contributed by atoms with E-state index in [0.717, 1.165) is 67.2 Å². The number of anilines is 5. The van der Waals surface area contributed by atoms with Gasteiger partial charge in [0.15, 0.2) is 35.5 Å². The summed E-state index contributed by atoms with van der Waals surface area (Å²) in [7, 11) is 12.6. The van der Waals surface area contributed by atoms with Crippen LogP contribution >= 0.6 is 0 Å². The largest absolute Gasteiger partial charge is 0.493 e. The molecule has 594 valence electrons. The summed E-state index contributed by atoms with van der Waals surface area (Å²) in [4.78, 5) is 127. The van der Waals surface area contributed by atoms with Crippen molar-refractivity contribution in [3.05, 3.63) is 168 Å². The van der Waals surface area contributed by atoms with Crippen molar-refractivity contribution in [3.63, 3.8) is 0 Å². The predicted molar refractivity (Wildman–Crippen MR) is 422 cm³/mol. The molecule has 30 heteroatoms. The van der Waals surface area contributed by atoms with E-state index in [0.29, 0.717) is 114 Å². The second-order valence-corrected chi connectivity index (χ2v) is 27.9. The lowest BCUT2D eigenvalue weighted by Gasteiger charge is -2.42. The molecule has 4 aromatic carbocycles. The number of rotatable bonds is 26. The maximum Gasteiger partial charge on any atom is 0.416 e. The third-order valence-corrected chi connectivity index (χ3v) is 20.2. The Labute approximate surface area is 653 Å². The monoisotopic (exact) mass is 1550 g/mol. The number of piperidine rings is 2. The Hall–Kier alpha value is -12.4. The molecular formula is C83H94N12O18. The summed E-state index contributed by atoms with van der Waals surface area (Å²) >= 11 is 0. The number of ether oxygens (including phenoxy) is 9. The smallest absolute Gasteiger partial charge is 0.416 e. The van der Waals surface area contributed by atoms with Crippen LogP contribution in [0.3, 0.4) is 0 Å². The summed E-state index contributed by atoms with van der Waals surface area (Å²) in [5.41, 5.74) is 8.58. The zero-order valence-electron chi connectivity index (χ0n) is 64.6. The van der Waals surface area contributed by atoms with E-state index < -0.39 is 36.6 Å². The van der Waals surface area contributed by atoms with Crippen LogP contribution in [0.5, 0.6) is 23.0 Å². The first-order valence-corrected chi connectivity index (χ1v) is 37.6. The van der Waals surface area contributed by atoms with Gasteiger partial charge in [-0.3, -0.25) is 33.8 Å². The SMILES string of the molecule is C=CCOC(=O)N1c2cc(OCCCC(=O)Nc3cc(C(=O)Nc4ccc(-c5cc(C(=O)OC)n(C)c5)cc4)n(C)c3)c(OC)cc2C(=O)N2CCCC[C@H]2C1OC1CCCCO1.COC(=O)c1cc(-c2ccc(NC(=O)c3cc(NC(=O)CCCOc4cc5c(cc4OC)C(=O)N4CCCC[C@H]4C=N5)cn3C)cc2)cn1C. The fourth-order valence-electron chi connectivity index (χ4n) is 14.4. The lowest BCUT2D eigenvalue weighted by molar-refractivity contribution is -0.198. The number of carbonyl (C=O) groups excluding carboxylic acids is 9. The van der Waals surface area contributed by atoms with Crippen LogP contribution in [0.1, 0.15) is 146 Å². The number of nitrogens with zero attached hydrogens (tertiary/aromatic N) is 8. The molecule has 4 atom stereocenters. The van der Waals surface area contributed by atoms with E-state index in [1.807, 2.05) is 47.8 Å². The molecule has 0 aliphatic carbocycles. The topological polar surface area (TPSA) is 327 Å². The van der Waals surface area contributed by atoms with E-state index in [-0.39, 0.29) is 96.9 Å². The summed E-state index contributed by atoms with van der Waals surface area (Å²) in [5, 5.41) is 11.5. The van der Waals surface area contributed by atoms with E-state index >= 15 is 0 Å². The fraction of sp³-hybridized carbons (Fsp3) is 0.373. The molecule has 13 rings (SSSR count). The number of aliphatic imine (C=N–C) groups is 1. The van der Waals surface area contributed by atoms with Crippen molar-refractivity contribution in [3.8, 4) is 45.3 Å². The van der Waals surface area contributed by atoms with Gasteiger partial charge < -0.3 is 92.0 Å². The number of hydrogen-bond donors (Lipinski definition) is 4. The van der Waals surface area contributed by atoms with Gasteiger partial charge in [-0.15, -0.1) is 0 Å². The second kappa shape index (κ2) is 36.6. The number of nitrogens with one attached hydrogen (secondary N) is 4. The van der Waals surface area contributed by atoms with Crippen LogP contribution in [0.2, 0.25) is 0 Å². The number of methoxy groups -OCH3 is 4. The van der Waals surface area contributed by atoms with Gasteiger partial charge in [0, 0.05) is 126 Å². The molecule has 9 heterocycles. The van der Waals surface area contributed by atoms with Gasteiger partial charge in [-0.2, -0.15) is 0 Å². The van der Waals surface area contributed by atoms with Gasteiger partial charge in [0.25, 0.3) is 23.6 Å². The lowest BCUT2D eigenvalue weighted by atomic mass is 10.00. The predicted octanol–water partition coefficient (Wildman–Crippen LogP) is 12.5. The Balaban J connectivity index is 0.000000215. The minimum atomic E-state index is -0.901. The molecule has 0 radical (unpaired) electrons. The van der Waals surface area contributed by atoms with Crippen molar-refractivity contribution in [2.45, 2.75) is 108 Å². The molecule has 0 spiro atoms. The molecule has 4 N–H and O–H groups in total. The number of benzene rings is 4. The van der Waals surface area contributed by atoms with Gasteiger partial charge in [0.2, 0.25) is 11.8 Å². The summed E-state index contributed by atoms with van der Waals surface area (Å²) in [6, 6.07) is 27.3. The van der Waals surface area contributed by atoms with Gasteiger partial charge in [0.05, 0.1) is 87.6 Å². The maximum absolute atomic E-state index is 14.3. The first kappa shape index (κ1) is 80.1. The van der Waals surface area contributed by atoms with Gasteiger partial charge in [-0.1, -0.05) is 36.9 Å². The molecule has 113 heavy (non-hydrogen) atoms. The highest BCUT2D eigenvalue weighted by Crippen LogP contribution is 2.44. The molecule has 3 fully saturated rings. The fourth-order valence-corrected chi connectivity index (χ4v) is 14.4. The van der Waals surface area contributed by atoms with Crippen LogP contribution in [-0.2, 0) is 61.5 Å². The van der Waals surface area contributed by atoms with Crippen LogP contribution in [0, 0.1) is 0 Å². The highest BCUT2D eigenvalue weighted by atomic mass is 16.7. The standard InChI is InChI=1S/C46H54N6O11.C37H40N6O7/c1-6-20-62-46(57)52-35-26-39(38(58-4)25-33(35)43(55)51-19-9-7-12-34(51)44(52)63-41-14-8-10-21-61-41)60-22-11-13-40(53)47-32-24-36(50(3)28-32)42(54)48-31-17-15-29(16-18-31)30-23-37(45(56)59-5)49(2)27-30;1-41-21-24(16-31(41)37(47)49-4)23-10-12-25(13-11-23)40-35(45)30-17-26(22-42(30)2)39-34(44)9-7-15-50-33-19-29-28(18-32(33)48-3)36(46)43-14-6-5-8-27(43)20-38-29/h6,15-18,23-28,34,41,44H,1,7-14,19-22H2,2-5H3,(H,47,53)(H,48,54);10-13,16-22,27H,5-9,14-15H2,1-4H3,(H,39,44)(H,40,45)/t34-,41?,44?;27-/m00/s1. The Bertz CT molecular complexity index is 4890. The van der Waals surface area contributed by atoms with Crippen molar-refractivity contribution in [1.82, 2.24) is 28.1 Å². The number of hydrogen-bond acceptors (Lipinski definition) is 19. The van der Waals surface area contributed by atoms with Crippen LogP contribution in [0.25, 0.3) is 22.3 Å². The van der Waals surface area contributed by atoms with Crippen LogP contribution in [0.4, 0.5) is 38.9 Å². The van der Waals surface area contributed by atoms with Crippen LogP contribution in [-0.4, -0.2) is 180 Å².